The first-order valence-electron chi connectivity index (χ1n) is 5.59. The molecule has 0 bridgehead atoms. The van der Waals surface area contributed by atoms with Crippen LogP contribution in [0.15, 0.2) is 24.3 Å². The summed E-state index contributed by atoms with van der Waals surface area (Å²) >= 11 is 0. The van der Waals surface area contributed by atoms with Gasteiger partial charge in [-0.1, -0.05) is 12.1 Å². The lowest BCUT2D eigenvalue weighted by Crippen LogP contribution is -2.43. The van der Waals surface area contributed by atoms with E-state index in [1.165, 1.54) is 0 Å². The zero-order valence-electron chi connectivity index (χ0n) is 10.3. The van der Waals surface area contributed by atoms with Crippen molar-refractivity contribution in [1.82, 2.24) is 4.90 Å². The van der Waals surface area contributed by atoms with Gasteiger partial charge in [0.1, 0.15) is 13.1 Å². The number of carbonyl (C=O) groups is 3. The van der Waals surface area contributed by atoms with Gasteiger partial charge in [0.15, 0.2) is 0 Å². The van der Waals surface area contributed by atoms with Gasteiger partial charge >= 0.3 is 0 Å². The van der Waals surface area contributed by atoms with Gasteiger partial charge in [0, 0.05) is 12.1 Å². The molecule has 0 aliphatic rings. The highest BCUT2D eigenvalue weighted by molar-refractivity contribution is 5.98. The van der Waals surface area contributed by atoms with Crippen LogP contribution in [0.25, 0.3) is 0 Å². The van der Waals surface area contributed by atoms with Crippen molar-refractivity contribution in [3.8, 4) is 0 Å². The predicted molar refractivity (Wildman–Crippen MR) is 68.6 cm³/mol. The fourth-order valence-electron chi connectivity index (χ4n) is 1.59. The fraction of sp³-hybridized carbons (Fsp3) is 0.250. The second-order valence-electron chi connectivity index (χ2n) is 4.00. The van der Waals surface area contributed by atoms with Gasteiger partial charge in [-0.05, 0) is 17.7 Å². The number of amides is 3. The quantitative estimate of drug-likeness (QED) is 0.580. The summed E-state index contributed by atoms with van der Waals surface area (Å²) in [5.41, 5.74) is 16.6. The van der Waals surface area contributed by atoms with Crippen LogP contribution < -0.4 is 17.2 Å². The molecule has 3 amide bonds. The van der Waals surface area contributed by atoms with Crippen LogP contribution in [0.2, 0.25) is 0 Å². The Morgan fingerprint density at radius 3 is 2.11 bits per heavy atom. The third kappa shape index (κ3) is 4.40. The Bertz CT molecular complexity index is 486. The molecule has 102 valence electrons. The van der Waals surface area contributed by atoms with Crippen molar-refractivity contribution >= 4 is 17.7 Å². The Hall–Kier alpha value is -2.41. The maximum atomic E-state index is 12.2. The summed E-state index contributed by atoms with van der Waals surface area (Å²) in [6.45, 7) is -0.448. The largest absolute Gasteiger partial charge is 0.368 e. The van der Waals surface area contributed by atoms with Gasteiger partial charge in [0.05, 0.1) is 0 Å². The van der Waals surface area contributed by atoms with Crippen molar-refractivity contribution < 1.29 is 14.4 Å². The summed E-state index contributed by atoms with van der Waals surface area (Å²) < 4.78 is 0. The third-order valence-corrected chi connectivity index (χ3v) is 2.39. The van der Waals surface area contributed by atoms with Gasteiger partial charge in [-0.25, -0.2) is 0 Å². The number of hydrogen-bond donors (Lipinski definition) is 3. The van der Waals surface area contributed by atoms with Crippen LogP contribution in [0, 0.1) is 0 Å². The molecule has 0 radical (unpaired) electrons. The zero-order valence-corrected chi connectivity index (χ0v) is 10.3. The van der Waals surface area contributed by atoms with Crippen molar-refractivity contribution in [2.24, 2.45) is 17.2 Å². The Balaban J connectivity index is 2.96. The standard InChI is InChI=1S/C12H16N4O3/c13-5-8-2-1-3-9(4-8)12(19)16(6-10(14)17)7-11(15)18/h1-4H,5-7,13H2,(H2,14,17)(H2,15,18). The van der Waals surface area contributed by atoms with Crippen molar-refractivity contribution in [2.75, 3.05) is 13.1 Å². The summed E-state index contributed by atoms with van der Waals surface area (Å²) in [6.07, 6.45) is 0. The lowest BCUT2D eigenvalue weighted by molar-refractivity contribution is -0.121. The van der Waals surface area contributed by atoms with Crippen molar-refractivity contribution in [1.29, 1.82) is 0 Å². The smallest absolute Gasteiger partial charge is 0.254 e. The molecule has 0 heterocycles. The van der Waals surface area contributed by atoms with Crippen molar-refractivity contribution in [2.45, 2.75) is 6.54 Å². The Morgan fingerprint density at radius 1 is 1.05 bits per heavy atom. The molecule has 0 saturated carbocycles. The summed E-state index contributed by atoms with van der Waals surface area (Å²) in [7, 11) is 0. The van der Waals surface area contributed by atoms with E-state index in [1.54, 1.807) is 24.3 Å². The number of nitrogens with zero attached hydrogens (tertiary/aromatic N) is 1. The average Bonchev–Trinajstić information content (AvgIpc) is 2.36. The second kappa shape index (κ2) is 6.50. The van der Waals surface area contributed by atoms with Gasteiger partial charge in [0.25, 0.3) is 5.91 Å². The molecule has 0 aliphatic carbocycles. The maximum Gasteiger partial charge on any atom is 0.254 e. The maximum absolute atomic E-state index is 12.2. The first kappa shape index (κ1) is 14.7. The molecule has 7 heteroatoms. The molecular weight excluding hydrogens is 248 g/mol. The van der Waals surface area contributed by atoms with E-state index in [4.69, 9.17) is 17.2 Å². The van der Waals surface area contributed by atoms with Gasteiger partial charge in [-0.3, -0.25) is 14.4 Å². The molecule has 0 spiro atoms. The van der Waals surface area contributed by atoms with Crippen molar-refractivity contribution in [3.63, 3.8) is 0 Å². The number of benzene rings is 1. The molecule has 1 aromatic rings. The van der Waals surface area contributed by atoms with E-state index in [1.807, 2.05) is 0 Å². The summed E-state index contributed by atoms with van der Waals surface area (Å²) in [6, 6.07) is 6.60. The molecule has 1 aromatic carbocycles. The van der Waals surface area contributed by atoms with E-state index in [0.29, 0.717) is 5.56 Å². The minimum atomic E-state index is -0.718. The molecule has 19 heavy (non-hydrogen) atoms. The van der Waals surface area contributed by atoms with E-state index in [9.17, 15) is 14.4 Å². The highest BCUT2D eigenvalue weighted by atomic mass is 16.2. The number of nitrogens with two attached hydrogens (primary N) is 3. The lowest BCUT2D eigenvalue weighted by Gasteiger charge is -2.19. The van der Waals surface area contributed by atoms with Gasteiger partial charge < -0.3 is 22.1 Å². The molecule has 0 fully saturated rings. The van der Waals surface area contributed by atoms with Crippen LogP contribution in [0.3, 0.4) is 0 Å². The average molecular weight is 264 g/mol. The minimum Gasteiger partial charge on any atom is -0.368 e. The normalized spacial score (nSPS) is 9.95. The van der Waals surface area contributed by atoms with Gasteiger partial charge in [0.2, 0.25) is 11.8 Å². The highest BCUT2D eigenvalue weighted by Crippen LogP contribution is 2.08. The second-order valence-corrected chi connectivity index (χ2v) is 4.00. The number of rotatable bonds is 6. The Morgan fingerprint density at radius 2 is 1.63 bits per heavy atom. The molecule has 7 nitrogen and oxygen atoms in total. The lowest BCUT2D eigenvalue weighted by atomic mass is 10.1. The van der Waals surface area contributed by atoms with Gasteiger partial charge in [-0.15, -0.1) is 0 Å². The van der Waals surface area contributed by atoms with Crippen LogP contribution in [-0.4, -0.2) is 35.7 Å². The third-order valence-electron chi connectivity index (χ3n) is 2.39. The SMILES string of the molecule is NCc1cccc(C(=O)N(CC(N)=O)CC(N)=O)c1. The molecule has 0 atom stereocenters. The topological polar surface area (TPSA) is 133 Å². The molecule has 1 rings (SSSR count). The predicted octanol–water partition coefficient (Wildman–Crippen LogP) is -1.44. The zero-order chi connectivity index (χ0) is 14.4. The highest BCUT2D eigenvalue weighted by Gasteiger charge is 2.19. The molecule has 0 unspecified atom stereocenters. The van der Waals surface area contributed by atoms with E-state index in [-0.39, 0.29) is 19.6 Å². The Labute approximate surface area is 110 Å². The first-order valence-corrected chi connectivity index (χ1v) is 5.59. The van der Waals surface area contributed by atoms with Crippen LogP contribution in [-0.2, 0) is 16.1 Å². The summed E-state index contributed by atoms with van der Waals surface area (Å²) in [4.78, 5) is 35.0. The van der Waals surface area contributed by atoms with Crippen molar-refractivity contribution in [3.05, 3.63) is 35.4 Å². The number of carbonyl (C=O) groups excluding carboxylic acids is 3. The number of primary amides is 2. The molecular formula is C12H16N4O3. The summed E-state index contributed by atoms with van der Waals surface area (Å²) in [5.74, 6) is -1.93. The van der Waals surface area contributed by atoms with Crippen LogP contribution >= 0.6 is 0 Å². The van der Waals surface area contributed by atoms with Crippen LogP contribution in [0.4, 0.5) is 0 Å². The Kier molecular flexibility index (Phi) is 5.01. The van der Waals surface area contributed by atoms with E-state index < -0.39 is 17.7 Å². The molecule has 0 aliphatic heterocycles. The first-order chi connectivity index (χ1) is 8.93. The monoisotopic (exact) mass is 264 g/mol. The van der Waals surface area contributed by atoms with E-state index >= 15 is 0 Å². The number of hydrogen-bond acceptors (Lipinski definition) is 4. The molecule has 0 saturated heterocycles. The van der Waals surface area contributed by atoms with Gasteiger partial charge in [-0.2, -0.15) is 0 Å². The van der Waals surface area contributed by atoms with E-state index in [2.05, 4.69) is 0 Å². The molecule has 0 aromatic heterocycles. The van der Waals surface area contributed by atoms with E-state index in [0.717, 1.165) is 10.5 Å². The molecule has 6 N–H and O–H groups in total. The van der Waals surface area contributed by atoms with Crippen LogP contribution in [0.1, 0.15) is 15.9 Å². The van der Waals surface area contributed by atoms with Crippen LogP contribution in [0.5, 0.6) is 0 Å². The summed E-state index contributed by atoms with van der Waals surface area (Å²) in [5, 5.41) is 0. The fourth-order valence-corrected chi connectivity index (χ4v) is 1.59. The minimum absolute atomic E-state index is 0.284.